The Hall–Kier alpha value is -2.51. The molecule has 2 heterocycles. The highest BCUT2D eigenvalue weighted by Gasteiger charge is 2.11. The first-order chi connectivity index (χ1) is 13.2. The summed E-state index contributed by atoms with van der Waals surface area (Å²) in [5, 5.41) is 16.2. The molecule has 4 rings (SSSR count). The molecule has 2 aromatic carbocycles. The van der Waals surface area contributed by atoms with E-state index >= 15 is 0 Å². The predicted octanol–water partition coefficient (Wildman–Crippen LogP) is 4.62. The Bertz CT molecular complexity index is 1040. The third-order valence-corrected chi connectivity index (χ3v) is 6.17. The molecule has 2 aromatic heterocycles. The highest BCUT2D eigenvalue weighted by atomic mass is 32.2. The topological polar surface area (TPSA) is 56.5 Å². The van der Waals surface area contributed by atoms with E-state index in [0.717, 1.165) is 33.7 Å². The van der Waals surface area contributed by atoms with Gasteiger partial charge in [0.15, 0.2) is 0 Å². The van der Waals surface area contributed by atoms with Gasteiger partial charge in [0.25, 0.3) is 0 Å². The Labute approximate surface area is 166 Å². The molecule has 0 aliphatic heterocycles. The highest BCUT2D eigenvalue weighted by molar-refractivity contribution is 7.98. The van der Waals surface area contributed by atoms with Gasteiger partial charge in [0.1, 0.15) is 0 Å². The minimum absolute atomic E-state index is 0.747. The predicted molar refractivity (Wildman–Crippen MR) is 110 cm³/mol. The fraction of sp³-hybridized carbons (Fsp3) is 0.200. The number of nitrogens with zero attached hydrogens (tertiary/aromatic N) is 5. The Morgan fingerprint density at radius 2 is 1.89 bits per heavy atom. The molecule has 0 atom stereocenters. The van der Waals surface area contributed by atoms with Gasteiger partial charge >= 0.3 is 0 Å². The number of hydrogen-bond acceptors (Lipinski definition) is 6. The zero-order chi connectivity index (χ0) is 18.6. The zero-order valence-corrected chi connectivity index (χ0v) is 16.8. The summed E-state index contributed by atoms with van der Waals surface area (Å²) in [7, 11) is 0. The van der Waals surface area contributed by atoms with Crippen molar-refractivity contribution in [3.05, 3.63) is 81.3 Å². The summed E-state index contributed by atoms with van der Waals surface area (Å²) >= 11 is 3.31. The van der Waals surface area contributed by atoms with Crippen molar-refractivity contribution < 1.29 is 0 Å². The van der Waals surface area contributed by atoms with Crippen LogP contribution in [0.1, 0.15) is 27.4 Å². The van der Waals surface area contributed by atoms with Crippen LogP contribution in [0.3, 0.4) is 0 Å². The lowest BCUT2D eigenvalue weighted by atomic mass is 10.1. The molecule has 4 aromatic rings. The summed E-state index contributed by atoms with van der Waals surface area (Å²) in [5.74, 6) is 0.747. The molecule has 0 spiro atoms. The van der Waals surface area contributed by atoms with Gasteiger partial charge in [0.2, 0.25) is 5.16 Å². The van der Waals surface area contributed by atoms with E-state index in [2.05, 4.69) is 71.2 Å². The lowest BCUT2D eigenvalue weighted by Crippen LogP contribution is -2.00. The normalized spacial score (nSPS) is 11.0. The van der Waals surface area contributed by atoms with Crippen molar-refractivity contribution >= 4 is 23.1 Å². The van der Waals surface area contributed by atoms with Crippen LogP contribution in [-0.4, -0.2) is 25.2 Å². The second kappa shape index (κ2) is 8.02. The Morgan fingerprint density at radius 3 is 2.70 bits per heavy atom. The molecule has 0 aliphatic rings. The van der Waals surface area contributed by atoms with Crippen molar-refractivity contribution in [2.75, 3.05) is 0 Å². The molecule has 136 valence electrons. The van der Waals surface area contributed by atoms with Crippen LogP contribution in [0.25, 0.3) is 5.69 Å². The maximum atomic E-state index is 4.75. The highest BCUT2D eigenvalue weighted by Crippen LogP contribution is 2.25. The largest absolute Gasteiger partial charge is 0.245 e. The van der Waals surface area contributed by atoms with Crippen molar-refractivity contribution in [2.24, 2.45) is 0 Å². The summed E-state index contributed by atoms with van der Waals surface area (Å²) < 4.78 is 1.79. The summed E-state index contributed by atoms with van der Waals surface area (Å²) in [6.45, 7) is 4.20. The van der Waals surface area contributed by atoms with E-state index in [1.165, 1.54) is 16.7 Å². The lowest BCUT2D eigenvalue weighted by Gasteiger charge is -2.06. The van der Waals surface area contributed by atoms with E-state index in [-0.39, 0.29) is 0 Å². The van der Waals surface area contributed by atoms with E-state index < -0.39 is 0 Å². The first-order valence-electron chi connectivity index (χ1n) is 8.65. The molecule has 0 amide bonds. The second-order valence-corrected chi connectivity index (χ2v) is 8.21. The van der Waals surface area contributed by atoms with E-state index in [1.807, 2.05) is 12.1 Å². The van der Waals surface area contributed by atoms with Gasteiger partial charge in [0, 0.05) is 17.6 Å². The minimum atomic E-state index is 0.747. The average molecular weight is 394 g/mol. The van der Waals surface area contributed by atoms with Crippen LogP contribution in [0.5, 0.6) is 0 Å². The van der Waals surface area contributed by atoms with Gasteiger partial charge < -0.3 is 0 Å². The van der Waals surface area contributed by atoms with Gasteiger partial charge in [-0.05, 0) is 53.1 Å². The van der Waals surface area contributed by atoms with Crippen LogP contribution in [-0.2, 0) is 12.2 Å². The van der Waals surface area contributed by atoms with Gasteiger partial charge in [-0.2, -0.15) is 4.68 Å². The Kier molecular flexibility index (Phi) is 5.31. The van der Waals surface area contributed by atoms with Crippen LogP contribution < -0.4 is 0 Å². The van der Waals surface area contributed by atoms with Gasteiger partial charge in [-0.3, -0.25) is 0 Å². The molecule has 0 saturated heterocycles. The molecule has 0 N–H and O–H groups in total. The molecule has 5 nitrogen and oxygen atoms in total. The maximum Gasteiger partial charge on any atom is 0.214 e. The molecule has 0 unspecified atom stereocenters. The Morgan fingerprint density at radius 1 is 1.04 bits per heavy atom. The summed E-state index contributed by atoms with van der Waals surface area (Å²) in [5.41, 5.74) is 5.81. The van der Waals surface area contributed by atoms with Gasteiger partial charge in [-0.15, -0.1) is 16.4 Å². The van der Waals surface area contributed by atoms with E-state index in [0.29, 0.717) is 0 Å². The molecule has 27 heavy (non-hydrogen) atoms. The molecular weight excluding hydrogens is 374 g/mol. The second-order valence-electron chi connectivity index (χ2n) is 6.33. The number of aromatic nitrogens is 5. The van der Waals surface area contributed by atoms with Gasteiger partial charge in [-0.25, -0.2) is 4.98 Å². The number of aryl methyl sites for hydroxylation is 2. The van der Waals surface area contributed by atoms with E-state index in [1.54, 1.807) is 27.8 Å². The molecule has 0 aliphatic carbocycles. The fourth-order valence-electron chi connectivity index (χ4n) is 2.69. The minimum Gasteiger partial charge on any atom is -0.245 e. The van der Waals surface area contributed by atoms with E-state index in [4.69, 9.17) is 4.98 Å². The van der Waals surface area contributed by atoms with Gasteiger partial charge in [0.05, 0.1) is 16.4 Å². The van der Waals surface area contributed by atoms with Crippen LogP contribution >= 0.6 is 23.1 Å². The maximum absolute atomic E-state index is 4.75. The van der Waals surface area contributed by atoms with Gasteiger partial charge in [-0.1, -0.05) is 48.2 Å². The van der Waals surface area contributed by atoms with Crippen molar-refractivity contribution in [1.29, 1.82) is 0 Å². The average Bonchev–Trinajstić information content (AvgIpc) is 3.32. The molecule has 0 fully saturated rings. The number of rotatable bonds is 6. The van der Waals surface area contributed by atoms with Crippen molar-refractivity contribution in [1.82, 2.24) is 25.2 Å². The van der Waals surface area contributed by atoms with E-state index in [9.17, 15) is 0 Å². The molecule has 0 saturated carbocycles. The number of thioether (sulfide) groups is 1. The summed E-state index contributed by atoms with van der Waals surface area (Å²) in [4.78, 5) is 4.75. The first-order valence-corrected chi connectivity index (χ1v) is 10.5. The number of tetrazole rings is 1. The monoisotopic (exact) mass is 393 g/mol. The SMILES string of the molecule is Cc1ccc(-n2nnnc2SCc2csc(Cc3ccccc3)n2)cc1C. The molecule has 0 radical (unpaired) electrons. The van der Waals surface area contributed by atoms with Crippen LogP contribution in [0.4, 0.5) is 0 Å². The zero-order valence-electron chi connectivity index (χ0n) is 15.2. The lowest BCUT2D eigenvalue weighted by molar-refractivity contribution is 0.755. The fourth-order valence-corrected chi connectivity index (χ4v) is 4.41. The Balaban J connectivity index is 1.44. The third-order valence-electron chi connectivity index (χ3n) is 4.32. The van der Waals surface area contributed by atoms with Crippen molar-refractivity contribution in [2.45, 2.75) is 31.2 Å². The van der Waals surface area contributed by atoms with Crippen LogP contribution in [0.15, 0.2) is 59.1 Å². The number of thiazole rings is 1. The summed E-state index contributed by atoms with van der Waals surface area (Å²) in [6, 6.07) is 16.7. The van der Waals surface area contributed by atoms with Crippen LogP contribution in [0, 0.1) is 13.8 Å². The quantitative estimate of drug-likeness (QED) is 0.448. The smallest absolute Gasteiger partial charge is 0.214 e. The third kappa shape index (κ3) is 4.26. The number of hydrogen-bond donors (Lipinski definition) is 0. The summed E-state index contributed by atoms with van der Waals surface area (Å²) in [6.07, 6.45) is 0.872. The standard InChI is InChI=1S/C20H19N5S2/c1-14-8-9-18(10-15(14)2)25-20(22-23-24-25)27-13-17-12-26-19(21-17)11-16-6-4-3-5-7-16/h3-10,12H,11,13H2,1-2H3. The van der Waals surface area contributed by atoms with Crippen molar-refractivity contribution in [3.8, 4) is 5.69 Å². The number of benzene rings is 2. The molecular formula is C20H19N5S2. The first kappa shape index (κ1) is 17.9. The molecule has 7 heteroatoms. The van der Waals surface area contributed by atoms with Crippen molar-refractivity contribution in [3.63, 3.8) is 0 Å². The molecule has 0 bridgehead atoms. The van der Waals surface area contributed by atoms with Crippen LogP contribution in [0.2, 0.25) is 0 Å².